The van der Waals surface area contributed by atoms with Gasteiger partial charge >= 0.3 is 0 Å². The zero-order valence-electron chi connectivity index (χ0n) is 22.4. The number of sulfonamides is 2. The van der Waals surface area contributed by atoms with Crippen LogP contribution in [0.3, 0.4) is 0 Å². The number of anilines is 3. The molecule has 4 aromatic rings. The van der Waals surface area contributed by atoms with Gasteiger partial charge in [-0.2, -0.15) is 0 Å². The molecule has 0 saturated carbocycles. The van der Waals surface area contributed by atoms with Crippen molar-refractivity contribution >= 4 is 66.2 Å². The Hall–Kier alpha value is -3.57. The molecule has 0 aromatic heterocycles. The number of nitrogens with one attached hydrogen (secondary N) is 2. The minimum Gasteiger partial charge on any atom is -0.325 e. The maximum atomic E-state index is 13.6. The van der Waals surface area contributed by atoms with Crippen LogP contribution in [0.1, 0.15) is 16.7 Å². The summed E-state index contributed by atoms with van der Waals surface area (Å²) in [4.78, 5) is 13.0. The fraction of sp³-hybridized carbons (Fsp3) is 0.138. The van der Waals surface area contributed by atoms with Gasteiger partial charge in [-0.15, -0.1) is 0 Å². The van der Waals surface area contributed by atoms with Crippen LogP contribution in [0.4, 0.5) is 17.1 Å². The summed E-state index contributed by atoms with van der Waals surface area (Å²) in [5, 5.41) is 3.41. The minimum absolute atomic E-state index is 0.0232. The number of hydrogen-bond donors (Lipinski definition) is 2. The second-order valence-electron chi connectivity index (χ2n) is 9.37. The van der Waals surface area contributed by atoms with Gasteiger partial charge in [0.1, 0.15) is 6.54 Å². The molecule has 12 heteroatoms. The quantitative estimate of drug-likeness (QED) is 0.217. The number of amides is 1. The molecule has 8 nitrogen and oxygen atoms in total. The van der Waals surface area contributed by atoms with E-state index >= 15 is 0 Å². The lowest BCUT2D eigenvalue weighted by Gasteiger charge is -2.25. The number of carbonyl (C=O) groups excluding carboxylic acids is 1. The largest absolute Gasteiger partial charge is 0.325 e. The molecule has 41 heavy (non-hydrogen) atoms. The van der Waals surface area contributed by atoms with Gasteiger partial charge < -0.3 is 5.32 Å². The highest BCUT2D eigenvalue weighted by molar-refractivity contribution is 7.93. The average Bonchev–Trinajstić information content (AvgIpc) is 2.91. The number of nitrogens with zero attached hydrogens (tertiary/aromatic N) is 1. The maximum absolute atomic E-state index is 13.6. The number of hydrogen-bond acceptors (Lipinski definition) is 5. The third-order valence-electron chi connectivity index (χ3n) is 6.36. The summed E-state index contributed by atoms with van der Waals surface area (Å²) in [6, 6.07) is 21.2. The van der Waals surface area contributed by atoms with Crippen LogP contribution in [-0.2, 0) is 24.8 Å². The van der Waals surface area contributed by atoms with Crippen LogP contribution in [0.5, 0.6) is 0 Å². The third kappa shape index (κ3) is 7.20. The van der Waals surface area contributed by atoms with Gasteiger partial charge in [-0.25, -0.2) is 16.8 Å². The topological polar surface area (TPSA) is 113 Å². The van der Waals surface area contributed by atoms with E-state index in [9.17, 15) is 21.6 Å². The van der Waals surface area contributed by atoms with E-state index in [1.807, 2.05) is 13.8 Å². The Morgan fingerprint density at radius 1 is 0.707 bits per heavy atom. The number of benzene rings is 4. The van der Waals surface area contributed by atoms with E-state index in [1.165, 1.54) is 54.6 Å². The Morgan fingerprint density at radius 2 is 1.29 bits per heavy atom. The SMILES string of the molecule is Cc1ccc(N(CC(=O)Nc2ccc(S(=O)(=O)Nc3cc(Cl)ccc3C)cc2)S(=O)(=O)c2ccc(Cl)cc2)cc1C. The first kappa shape index (κ1) is 30.4. The predicted octanol–water partition coefficient (Wildman–Crippen LogP) is 6.55. The highest BCUT2D eigenvalue weighted by Gasteiger charge is 2.28. The lowest BCUT2D eigenvalue weighted by Crippen LogP contribution is -2.38. The van der Waals surface area contributed by atoms with Crippen LogP contribution < -0.4 is 14.3 Å². The van der Waals surface area contributed by atoms with Crippen molar-refractivity contribution < 1.29 is 21.6 Å². The average molecular weight is 633 g/mol. The minimum atomic E-state index is -4.13. The summed E-state index contributed by atoms with van der Waals surface area (Å²) < 4.78 is 56.5. The Bertz CT molecular complexity index is 1810. The van der Waals surface area contributed by atoms with Crippen LogP contribution in [0.25, 0.3) is 0 Å². The summed E-state index contributed by atoms with van der Waals surface area (Å²) in [6.07, 6.45) is 0. The molecule has 0 unspecified atom stereocenters. The lowest BCUT2D eigenvalue weighted by atomic mass is 10.1. The van der Waals surface area contributed by atoms with Crippen LogP contribution in [0.15, 0.2) is 94.7 Å². The van der Waals surface area contributed by atoms with Crippen LogP contribution in [0.2, 0.25) is 10.0 Å². The molecule has 1 amide bonds. The van der Waals surface area contributed by atoms with E-state index in [1.54, 1.807) is 37.3 Å². The predicted molar refractivity (Wildman–Crippen MR) is 164 cm³/mol. The first-order chi connectivity index (χ1) is 19.3. The highest BCUT2D eigenvalue weighted by Crippen LogP contribution is 2.27. The van der Waals surface area contributed by atoms with Gasteiger partial charge in [0.15, 0.2) is 0 Å². The summed E-state index contributed by atoms with van der Waals surface area (Å²) in [6.45, 7) is 4.98. The summed E-state index contributed by atoms with van der Waals surface area (Å²) >= 11 is 11.9. The molecule has 0 heterocycles. The molecular weight excluding hydrogens is 605 g/mol. The second kappa shape index (κ2) is 12.1. The van der Waals surface area contributed by atoms with Gasteiger partial charge in [0.05, 0.1) is 21.2 Å². The molecule has 4 aromatic carbocycles. The smallest absolute Gasteiger partial charge is 0.264 e. The Morgan fingerprint density at radius 3 is 1.93 bits per heavy atom. The van der Waals surface area contributed by atoms with Gasteiger partial charge in [-0.05, 0) is 110 Å². The molecule has 0 aliphatic heterocycles. The summed E-state index contributed by atoms with van der Waals surface area (Å²) in [5.74, 6) is -0.621. The zero-order valence-corrected chi connectivity index (χ0v) is 25.5. The van der Waals surface area contributed by atoms with Gasteiger partial charge in [-0.1, -0.05) is 35.3 Å². The Kier molecular flexibility index (Phi) is 8.98. The van der Waals surface area contributed by atoms with Gasteiger partial charge in [0.25, 0.3) is 20.0 Å². The molecule has 2 N–H and O–H groups in total. The van der Waals surface area contributed by atoms with Gasteiger partial charge in [-0.3, -0.25) is 13.8 Å². The Balaban J connectivity index is 1.55. The number of rotatable bonds is 9. The molecule has 0 bridgehead atoms. The van der Waals surface area contributed by atoms with Crippen molar-refractivity contribution in [2.24, 2.45) is 0 Å². The molecule has 0 aliphatic carbocycles. The third-order valence-corrected chi connectivity index (χ3v) is 10.0. The van der Waals surface area contributed by atoms with Crippen LogP contribution >= 0.6 is 23.2 Å². The number of halogens is 2. The normalized spacial score (nSPS) is 11.6. The van der Waals surface area contributed by atoms with Crippen molar-refractivity contribution in [1.82, 2.24) is 0 Å². The fourth-order valence-corrected chi connectivity index (χ4v) is 6.72. The molecular formula is C29H27Cl2N3O5S2. The van der Waals surface area contributed by atoms with Crippen molar-refractivity contribution in [3.63, 3.8) is 0 Å². The van der Waals surface area contributed by atoms with E-state index in [0.717, 1.165) is 15.4 Å². The number of carbonyl (C=O) groups is 1. The molecule has 214 valence electrons. The van der Waals surface area contributed by atoms with E-state index in [0.29, 0.717) is 27.0 Å². The van der Waals surface area contributed by atoms with Crippen molar-refractivity contribution in [3.05, 3.63) is 112 Å². The lowest BCUT2D eigenvalue weighted by molar-refractivity contribution is -0.114. The summed E-state index contributed by atoms with van der Waals surface area (Å²) in [5.41, 5.74) is 3.49. The first-order valence-electron chi connectivity index (χ1n) is 12.3. The molecule has 4 rings (SSSR count). The van der Waals surface area contributed by atoms with Crippen molar-refractivity contribution in [2.75, 3.05) is 20.9 Å². The van der Waals surface area contributed by atoms with Gasteiger partial charge in [0, 0.05) is 15.7 Å². The van der Waals surface area contributed by atoms with Crippen LogP contribution in [-0.4, -0.2) is 29.3 Å². The monoisotopic (exact) mass is 631 g/mol. The molecule has 0 aliphatic rings. The first-order valence-corrected chi connectivity index (χ1v) is 16.0. The fourth-order valence-electron chi connectivity index (χ4n) is 3.89. The highest BCUT2D eigenvalue weighted by atomic mass is 35.5. The molecule has 0 saturated heterocycles. The van der Waals surface area contributed by atoms with E-state index in [-0.39, 0.29) is 15.5 Å². The van der Waals surface area contributed by atoms with E-state index < -0.39 is 32.5 Å². The number of aryl methyl sites for hydroxylation is 3. The Labute approximate surface area is 250 Å². The molecule has 0 spiro atoms. The maximum Gasteiger partial charge on any atom is 0.264 e. The van der Waals surface area contributed by atoms with Crippen molar-refractivity contribution in [1.29, 1.82) is 0 Å². The molecule has 0 fully saturated rings. The zero-order chi connectivity index (χ0) is 29.9. The van der Waals surface area contributed by atoms with Crippen molar-refractivity contribution in [3.8, 4) is 0 Å². The summed E-state index contributed by atoms with van der Waals surface area (Å²) in [7, 11) is -8.07. The molecule has 0 atom stereocenters. The van der Waals surface area contributed by atoms with Crippen molar-refractivity contribution in [2.45, 2.75) is 30.6 Å². The van der Waals surface area contributed by atoms with E-state index in [4.69, 9.17) is 23.2 Å². The second-order valence-corrected chi connectivity index (χ2v) is 13.8. The van der Waals surface area contributed by atoms with Gasteiger partial charge in [0.2, 0.25) is 5.91 Å². The standard InChI is InChI=1S/C29H27Cl2N3O5S2/c1-19-5-11-25(16-21(19)3)34(41(38,39)27-12-7-22(30)8-13-27)18-29(35)32-24-9-14-26(15-10-24)40(36,37)33-28-17-23(31)6-4-20(28)2/h4-17,33H,18H2,1-3H3,(H,32,35). The van der Waals surface area contributed by atoms with E-state index in [2.05, 4.69) is 10.0 Å². The van der Waals surface area contributed by atoms with Crippen LogP contribution in [0, 0.1) is 20.8 Å². The molecule has 0 radical (unpaired) electrons.